The maximum absolute atomic E-state index is 11.3. The van der Waals surface area contributed by atoms with E-state index in [4.69, 9.17) is 0 Å². The molecule has 0 aromatic heterocycles. The normalized spacial score (nSPS) is 25.8. The average Bonchev–Trinajstić information content (AvgIpc) is 2.48. The molecule has 1 amide bonds. The number of likely N-dealkylation sites (N-methyl/N-ethyl adjacent to an activating group) is 1. The number of nitrogens with zero attached hydrogens (tertiary/aromatic N) is 5. The van der Waals surface area contributed by atoms with E-state index in [0.717, 1.165) is 0 Å². The Morgan fingerprint density at radius 1 is 1.46 bits per heavy atom. The van der Waals surface area contributed by atoms with Crippen LogP contribution in [0.1, 0.15) is 0 Å². The fourth-order valence-electron chi connectivity index (χ4n) is 1.07. The van der Waals surface area contributed by atoms with Gasteiger partial charge in [-0.1, -0.05) is 17.0 Å². The monoisotopic (exact) mass is 197 g/mol. The molecule has 2 aliphatic rings. The van der Waals surface area contributed by atoms with Gasteiger partial charge < -0.3 is 0 Å². The minimum absolute atomic E-state index is 0.289. The van der Waals surface area contributed by atoms with Crippen LogP contribution < -0.4 is 0 Å². The minimum Gasteiger partial charge on any atom is -0.269 e. The van der Waals surface area contributed by atoms with E-state index in [0.29, 0.717) is 11.0 Å². The van der Waals surface area contributed by atoms with Crippen LogP contribution in [0, 0.1) is 0 Å². The maximum atomic E-state index is 11.3. The summed E-state index contributed by atoms with van der Waals surface area (Å²) in [6.07, 6.45) is 1.82. The Morgan fingerprint density at radius 3 is 2.92 bits per heavy atom. The van der Waals surface area contributed by atoms with Crippen LogP contribution in [-0.4, -0.2) is 41.3 Å². The molecule has 7 heteroatoms. The number of hydrogen-bond donors (Lipinski definition) is 0. The first-order valence-electron chi connectivity index (χ1n) is 3.62. The Hall–Kier alpha value is -1.24. The predicted molar refractivity (Wildman–Crippen MR) is 49.8 cm³/mol. The first-order valence-corrected chi connectivity index (χ1v) is 4.84. The summed E-state index contributed by atoms with van der Waals surface area (Å²) in [6, 6.07) is -0.610. The second kappa shape index (κ2) is 2.91. The molecule has 0 spiro atoms. The van der Waals surface area contributed by atoms with Crippen molar-refractivity contribution >= 4 is 28.7 Å². The number of thioether (sulfide) groups is 1. The first-order chi connectivity index (χ1) is 6.22. The molecule has 0 N–H and O–H groups in total. The fourth-order valence-corrected chi connectivity index (χ4v) is 1.43. The number of amidine groups is 2. The molecule has 6 nitrogen and oxygen atoms in total. The summed E-state index contributed by atoms with van der Waals surface area (Å²) in [4.78, 5) is 19.2. The quantitative estimate of drug-likeness (QED) is 0.561. The van der Waals surface area contributed by atoms with Gasteiger partial charge in [0, 0.05) is 7.05 Å². The second-order valence-electron chi connectivity index (χ2n) is 2.54. The van der Waals surface area contributed by atoms with Crippen molar-refractivity contribution < 1.29 is 4.79 Å². The van der Waals surface area contributed by atoms with E-state index in [1.165, 1.54) is 16.8 Å². The van der Waals surface area contributed by atoms with E-state index >= 15 is 0 Å². The van der Waals surface area contributed by atoms with Gasteiger partial charge in [-0.3, -0.25) is 4.79 Å². The predicted octanol–water partition coefficient (Wildman–Crippen LogP) is 0.325. The molecule has 0 aromatic carbocycles. The van der Waals surface area contributed by atoms with Crippen LogP contribution in [0.15, 0.2) is 20.3 Å². The standard InChI is InChI=1S/C6H7N5OS/c1-11-4-3(9-10-11)5(12)8-6(7-4)13-2/h3H,1-2H3. The second-order valence-corrected chi connectivity index (χ2v) is 3.31. The molecule has 0 aromatic rings. The summed E-state index contributed by atoms with van der Waals surface area (Å²) in [5.74, 6) is 0.270. The number of amides is 1. The zero-order valence-corrected chi connectivity index (χ0v) is 7.95. The van der Waals surface area contributed by atoms with Gasteiger partial charge in [-0.25, -0.2) is 10.0 Å². The molecule has 0 saturated carbocycles. The van der Waals surface area contributed by atoms with Gasteiger partial charge in [-0.15, -0.1) is 5.11 Å². The molecule has 2 heterocycles. The summed E-state index contributed by atoms with van der Waals surface area (Å²) in [7, 11) is 1.71. The number of carbonyl (C=O) groups excluding carboxylic acids is 1. The number of fused-ring (bicyclic) bond motifs is 1. The van der Waals surface area contributed by atoms with Crippen molar-refractivity contribution in [3.05, 3.63) is 0 Å². The lowest BCUT2D eigenvalue weighted by Crippen LogP contribution is -2.35. The lowest BCUT2D eigenvalue weighted by molar-refractivity contribution is -0.117. The van der Waals surface area contributed by atoms with E-state index in [2.05, 4.69) is 20.3 Å². The van der Waals surface area contributed by atoms with Gasteiger partial charge in [0.15, 0.2) is 11.0 Å². The molecule has 0 bridgehead atoms. The molecular weight excluding hydrogens is 190 g/mol. The van der Waals surface area contributed by atoms with Crippen molar-refractivity contribution in [3.8, 4) is 0 Å². The van der Waals surface area contributed by atoms with Gasteiger partial charge in [-0.2, -0.15) is 4.99 Å². The van der Waals surface area contributed by atoms with Crippen molar-refractivity contribution in [1.82, 2.24) is 5.01 Å². The summed E-state index contributed by atoms with van der Waals surface area (Å²) in [5.41, 5.74) is 0. The fraction of sp³-hybridized carbons (Fsp3) is 0.500. The SMILES string of the molecule is CSC1=NC(=O)C2N=NN(C)C2=N1. The highest BCUT2D eigenvalue weighted by Crippen LogP contribution is 2.18. The molecule has 1 unspecified atom stereocenters. The third-order valence-electron chi connectivity index (χ3n) is 1.71. The zero-order chi connectivity index (χ0) is 9.42. The maximum Gasteiger partial charge on any atom is 0.282 e. The third kappa shape index (κ3) is 1.24. The molecule has 1 atom stereocenters. The molecule has 2 rings (SSSR count). The third-order valence-corrected chi connectivity index (χ3v) is 2.26. The molecule has 0 aliphatic carbocycles. The van der Waals surface area contributed by atoms with Crippen LogP contribution in [0.25, 0.3) is 0 Å². The number of hydrogen-bond acceptors (Lipinski definition) is 6. The van der Waals surface area contributed by atoms with Gasteiger partial charge in [0.05, 0.1) is 0 Å². The lowest BCUT2D eigenvalue weighted by Gasteiger charge is -2.13. The molecular formula is C6H7N5OS. The van der Waals surface area contributed by atoms with Gasteiger partial charge in [0.2, 0.25) is 6.04 Å². The summed E-state index contributed by atoms with van der Waals surface area (Å²) >= 11 is 1.33. The van der Waals surface area contributed by atoms with E-state index < -0.39 is 6.04 Å². The Balaban J connectivity index is 2.37. The number of carbonyl (C=O) groups is 1. The van der Waals surface area contributed by atoms with E-state index in [1.807, 2.05) is 6.26 Å². The van der Waals surface area contributed by atoms with Gasteiger partial charge in [-0.05, 0) is 6.26 Å². The lowest BCUT2D eigenvalue weighted by atomic mass is 10.2. The summed E-state index contributed by atoms with van der Waals surface area (Å²) < 4.78 is 0. The van der Waals surface area contributed by atoms with Gasteiger partial charge in [0.25, 0.3) is 5.91 Å². The van der Waals surface area contributed by atoms with E-state index in [9.17, 15) is 4.79 Å². The highest BCUT2D eigenvalue weighted by Gasteiger charge is 2.35. The smallest absolute Gasteiger partial charge is 0.269 e. The van der Waals surface area contributed by atoms with E-state index in [1.54, 1.807) is 7.05 Å². The van der Waals surface area contributed by atoms with Crippen molar-refractivity contribution in [2.45, 2.75) is 6.04 Å². The molecule has 2 aliphatic heterocycles. The van der Waals surface area contributed by atoms with Crippen LogP contribution in [0.4, 0.5) is 0 Å². The number of aliphatic imine (C=N–C) groups is 2. The summed E-state index contributed by atoms with van der Waals surface area (Å²) in [6.45, 7) is 0. The first kappa shape index (κ1) is 8.36. The largest absolute Gasteiger partial charge is 0.282 e. The van der Waals surface area contributed by atoms with Gasteiger partial charge in [0.1, 0.15) is 0 Å². The van der Waals surface area contributed by atoms with Crippen molar-refractivity contribution in [3.63, 3.8) is 0 Å². The summed E-state index contributed by atoms with van der Waals surface area (Å²) in [5, 5.41) is 9.43. The van der Waals surface area contributed by atoms with Gasteiger partial charge >= 0.3 is 0 Å². The molecule has 68 valence electrons. The molecule has 0 saturated heterocycles. The van der Waals surface area contributed by atoms with Crippen molar-refractivity contribution in [1.29, 1.82) is 0 Å². The highest BCUT2D eigenvalue weighted by atomic mass is 32.2. The highest BCUT2D eigenvalue weighted by molar-refractivity contribution is 8.13. The minimum atomic E-state index is -0.610. The zero-order valence-electron chi connectivity index (χ0n) is 7.13. The van der Waals surface area contributed by atoms with Crippen LogP contribution in [0.2, 0.25) is 0 Å². The van der Waals surface area contributed by atoms with E-state index in [-0.39, 0.29) is 5.91 Å². The Labute approximate surface area is 78.8 Å². The Morgan fingerprint density at radius 2 is 2.23 bits per heavy atom. The van der Waals surface area contributed by atoms with Crippen molar-refractivity contribution in [2.75, 3.05) is 13.3 Å². The molecule has 13 heavy (non-hydrogen) atoms. The number of rotatable bonds is 0. The average molecular weight is 197 g/mol. The van der Waals surface area contributed by atoms with Crippen molar-refractivity contribution in [2.24, 2.45) is 20.3 Å². The topological polar surface area (TPSA) is 69.8 Å². The van der Waals surface area contributed by atoms with Crippen LogP contribution >= 0.6 is 11.8 Å². The Kier molecular flexibility index (Phi) is 1.87. The molecule has 0 fully saturated rings. The van der Waals surface area contributed by atoms with Crippen LogP contribution in [-0.2, 0) is 4.79 Å². The Bertz CT molecular complexity index is 347. The molecule has 0 radical (unpaired) electrons. The van der Waals surface area contributed by atoms with Crippen LogP contribution in [0.3, 0.4) is 0 Å². The van der Waals surface area contributed by atoms with Crippen LogP contribution in [0.5, 0.6) is 0 Å².